The Bertz CT molecular complexity index is 1590. The summed E-state index contributed by atoms with van der Waals surface area (Å²) in [6.07, 6.45) is 2.46. The molecular formula is C30H23N3O3S. The van der Waals surface area contributed by atoms with E-state index in [0.717, 1.165) is 33.5 Å². The minimum atomic E-state index is -0.295. The number of methoxy groups -OCH3 is 1. The number of aromatic hydroxyl groups is 1. The first kappa shape index (κ1) is 23.1. The van der Waals surface area contributed by atoms with Crippen LogP contribution in [0.1, 0.15) is 29.2 Å². The Morgan fingerprint density at radius 3 is 2.49 bits per heavy atom. The maximum absolute atomic E-state index is 12.8. The van der Waals surface area contributed by atoms with Gasteiger partial charge in [0, 0.05) is 6.42 Å². The Morgan fingerprint density at radius 1 is 0.973 bits per heavy atom. The molecule has 0 radical (unpaired) electrons. The first-order chi connectivity index (χ1) is 18.1. The zero-order valence-corrected chi connectivity index (χ0v) is 20.9. The number of ether oxygens (including phenoxy) is 1. The fourth-order valence-electron chi connectivity index (χ4n) is 4.53. The van der Waals surface area contributed by atoms with Crippen LogP contribution in [0.2, 0.25) is 0 Å². The van der Waals surface area contributed by atoms with E-state index in [0.29, 0.717) is 16.5 Å². The van der Waals surface area contributed by atoms with Crippen LogP contribution in [0.25, 0.3) is 16.8 Å². The predicted molar refractivity (Wildman–Crippen MR) is 149 cm³/mol. The van der Waals surface area contributed by atoms with E-state index in [1.807, 2.05) is 41.4 Å². The van der Waals surface area contributed by atoms with Crippen molar-refractivity contribution in [3.05, 3.63) is 113 Å². The van der Waals surface area contributed by atoms with Gasteiger partial charge in [0.1, 0.15) is 11.5 Å². The maximum Gasteiger partial charge on any atom is 0.286 e. The van der Waals surface area contributed by atoms with Gasteiger partial charge in [0.05, 0.1) is 23.8 Å². The number of aliphatic imine (C=N–C) groups is 1. The van der Waals surface area contributed by atoms with E-state index in [9.17, 15) is 9.90 Å². The average Bonchev–Trinajstić information content (AvgIpc) is 3.53. The van der Waals surface area contributed by atoms with E-state index < -0.39 is 0 Å². The number of hydrogen-bond acceptors (Lipinski definition) is 6. The standard InChI is InChI=1S/C30H23N3O3S/c1-36-25-14-10-21(11-15-25)27-18-26(23-9-8-20-4-2-3-5-22(20)17-23)32-33(27)30-31-29(35)28(37-30)16-19-6-12-24(34)13-7-19/h2-17,27,34H,18H2,1H3/b28-16-. The van der Waals surface area contributed by atoms with E-state index in [1.54, 1.807) is 37.5 Å². The second-order valence-corrected chi connectivity index (χ2v) is 9.86. The van der Waals surface area contributed by atoms with Crippen LogP contribution in [0, 0.1) is 0 Å². The molecule has 6 rings (SSSR count). The molecule has 1 N–H and O–H groups in total. The number of thioether (sulfide) groups is 1. The van der Waals surface area contributed by atoms with Crippen LogP contribution >= 0.6 is 11.8 Å². The molecule has 0 fully saturated rings. The summed E-state index contributed by atoms with van der Waals surface area (Å²) in [5.74, 6) is 0.668. The van der Waals surface area contributed by atoms with Crippen LogP contribution in [-0.4, -0.2) is 34.0 Å². The van der Waals surface area contributed by atoms with Crippen molar-refractivity contribution >= 4 is 45.4 Å². The van der Waals surface area contributed by atoms with E-state index in [2.05, 4.69) is 35.3 Å². The first-order valence-electron chi connectivity index (χ1n) is 11.9. The van der Waals surface area contributed by atoms with Gasteiger partial charge >= 0.3 is 0 Å². The lowest BCUT2D eigenvalue weighted by Gasteiger charge is -2.22. The summed E-state index contributed by atoms with van der Waals surface area (Å²) in [4.78, 5) is 17.7. The normalized spacial score (nSPS) is 18.4. The largest absolute Gasteiger partial charge is 0.508 e. The van der Waals surface area contributed by atoms with Crippen molar-refractivity contribution in [3.8, 4) is 11.5 Å². The SMILES string of the molecule is COc1ccc(C2CC(c3ccc4ccccc4c3)=NN2C2=NC(=O)/C(=C/c3ccc(O)cc3)S2)cc1. The number of phenols is 1. The monoisotopic (exact) mass is 505 g/mol. The Balaban J connectivity index is 1.35. The molecule has 4 aromatic rings. The van der Waals surface area contributed by atoms with Crippen molar-refractivity contribution in [2.75, 3.05) is 7.11 Å². The molecule has 0 saturated heterocycles. The predicted octanol–water partition coefficient (Wildman–Crippen LogP) is 6.38. The number of amides is 1. The van der Waals surface area contributed by atoms with Gasteiger partial charge in [-0.1, -0.05) is 60.7 Å². The average molecular weight is 506 g/mol. The molecule has 2 aliphatic heterocycles. The third kappa shape index (κ3) is 4.61. The van der Waals surface area contributed by atoms with E-state index in [1.165, 1.54) is 17.1 Å². The summed E-state index contributed by atoms with van der Waals surface area (Å²) in [5.41, 5.74) is 3.87. The summed E-state index contributed by atoms with van der Waals surface area (Å²) >= 11 is 1.31. The lowest BCUT2D eigenvalue weighted by molar-refractivity contribution is -0.113. The highest BCUT2D eigenvalue weighted by atomic mass is 32.2. The summed E-state index contributed by atoms with van der Waals surface area (Å²) < 4.78 is 5.34. The molecule has 0 saturated carbocycles. The van der Waals surface area contributed by atoms with Gasteiger partial charge in [-0.25, -0.2) is 5.01 Å². The number of carbonyl (C=O) groups is 1. The second kappa shape index (κ2) is 9.59. The van der Waals surface area contributed by atoms with Gasteiger partial charge in [-0.3, -0.25) is 4.79 Å². The molecule has 0 bridgehead atoms. The number of benzene rings is 4. The Kier molecular flexibility index (Phi) is 5.98. The van der Waals surface area contributed by atoms with Crippen LogP contribution in [0.15, 0.2) is 106 Å². The third-order valence-corrected chi connectivity index (χ3v) is 7.46. The number of phenolic OH excluding ortho intramolecular Hbond substituents is 1. The highest BCUT2D eigenvalue weighted by Crippen LogP contribution is 2.40. The smallest absolute Gasteiger partial charge is 0.286 e. The van der Waals surface area contributed by atoms with E-state index >= 15 is 0 Å². The van der Waals surface area contributed by atoms with E-state index in [-0.39, 0.29) is 17.7 Å². The summed E-state index contributed by atoms with van der Waals surface area (Å²) in [7, 11) is 1.65. The van der Waals surface area contributed by atoms with Gasteiger partial charge in [-0.2, -0.15) is 10.1 Å². The number of nitrogens with zero attached hydrogens (tertiary/aromatic N) is 3. The number of hydrogen-bond donors (Lipinski definition) is 1. The molecule has 0 aliphatic carbocycles. The number of carbonyl (C=O) groups excluding carboxylic acids is 1. The molecule has 6 nitrogen and oxygen atoms in total. The van der Waals surface area contributed by atoms with Gasteiger partial charge < -0.3 is 9.84 Å². The molecule has 4 aromatic carbocycles. The Morgan fingerprint density at radius 2 is 1.73 bits per heavy atom. The molecule has 2 aliphatic rings. The highest BCUT2D eigenvalue weighted by molar-refractivity contribution is 8.18. The van der Waals surface area contributed by atoms with Gasteiger partial charge in [0.15, 0.2) is 5.17 Å². The van der Waals surface area contributed by atoms with E-state index in [4.69, 9.17) is 9.84 Å². The number of fused-ring (bicyclic) bond motifs is 1. The van der Waals surface area contributed by atoms with Gasteiger partial charge in [0.25, 0.3) is 5.91 Å². The molecule has 1 amide bonds. The Hall–Kier alpha value is -4.36. The fourth-order valence-corrected chi connectivity index (χ4v) is 5.45. The van der Waals surface area contributed by atoms with Crippen molar-refractivity contribution in [2.24, 2.45) is 10.1 Å². The number of hydrazone groups is 1. The summed E-state index contributed by atoms with van der Waals surface area (Å²) in [6, 6.07) is 29.2. The van der Waals surface area contributed by atoms with Crippen molar-refractivity contribution in [2.45, 2.75) is 12.5 Å². The molecule has 2 heterocycles. The van der Waals surface area contributed by atoms with Gasteiger partial charge in [-0.15, -0.1) is 0 Å². The zero-order valence-electron chi connectivity index (χ0n) is 20.0. The van der Waals surface area contributed by atoms with Crippen molar-refractivity contribution in [1.29, 1.82) is 0 Å². The fraction of sp³-hybridized carbons (Fsp3) is 0.100. The topological polar surface area (TPSA) is 74.5 Å². The molecule has 0 aromatic heterocycles. The lowest BCUT2D eigenvalue weighted by atomic mass is 9.97. The van der Waals surface area contributed by atoms with Crippen LogP contribution in [-0.2, 0) is 4.79 Å². The van der Waals surface area contributed by atoms with Crippen LogP contribution < -0.4 is 4.74 Å². The molecule has 7 heteroatoms. The first-order valence-corrected chi connectivity index (χ1v) is 12.7. The molecular weight excluding hydrogens is 482 g/mol. The quantitative estimate of drug-likeness (QED) is 0.326. The minimum absolute atomic E-state index is 0.112. The number of amidine groups is 1. The Labute approximate surface area is 218 Å². The molecule has 1 atom stereocenters. The molecule has 1 unspecified atom stereocenters. The summed E-state index contributed by atoms with van der Waals surface area (Å²) in [5, 5.41) is 19.3. The maximum atomic E-state index is 12.8. The zero-order chi connectivity index (χ0) is 25.4. The lowest BCUT2D eigenvalue weighted by Crippen LogP contribution is -2.23. The molecule has 0 spiro atoms. The number of rotatable bonds is 4. The van der Waals surface area contributed by atoms with Crippen molar-refractivity contribution in [3.63, 3.8) is 0 Å². The van der Waals surface area contributed by atoms with Crippen LogP contribution in [0.3, 0.4) is 0 Å². The molecule has 182 valence electrons. The minimum Gasteiger partial charge on any atom is -0.508 e. The second-order valence-electron chi connectivity index (χ2n) is 8.85. The van der Waals surface area contributed by atoms with Crippen LogP contribution in [0.5, 0.6) is 11.5 Å². The van der Waals surface area contributed by atoms with Crippen molar-refractivity contribution in [1.82, 2.24) is 5.01 Å². The summed E-state index contributed by atoms with van der Waals surface area (Å²) in [6.45, 7) is 0. The van der Waals surface area contributed by atoms with Crippen molar-refractivity contribution < 1.29 is 14.6 Å². The molecule has 37 heavy (non-hydrogen) atoms. The highest BCUT2D eigenvalue weighted by Gasteiger charge is 2.36. The van der Waals surface area contributed by atoms with Crippen LogP contribution in [0.4, 0.5) is 0 Å². The van der Waals surface area contributed by atoms with Gasteiger partial charge in [0.2, 0.25) is 0 Å². The third-order valence-electron chi connectivity index (χ3n) is 6.49. The van der Waals surface area contributed by atoms with Gasteiger partial charge in [-0.05, 0) is 75.6 Å².